The van der Waals surface area contributed by atoms with E-state index in [4.69, 9.17) is 57.2 Å². The highest BCUT2D eigenvalue weighted by Gasteiger charge is 2.29. The minimum atomic E-state index is -0.366. The minimum Gasteiger partial charge on any atom is -0.448 e. The Morgan fingerprint density at radius 1 is 0.500 bits per heavy atom. The van der Waals surface area contributed by atoms with Crippen molar-refractivity contribution in [2.45, 2.75) is 5.92 Å². The molecule has 1 N–H and O–H groups in total. The maximum atomic E-state index is 12.6. The molecule has 14 nitrogen and oxygen atoms in total. The monoisotopic (exact) mass is 737 g/mol. The summed E-state index contributed by atoms with van der Waals surface area (Å²) >= 11 is 0. The maximum Gasteiger partial charge on any atom is 0.409 e. The van der Waals surface area contributed by atoms with Crippen molar-refractivity contribution < 1.29 is 62.0 Å². The van der Waals surface area contributed by atoms with E-state index in [1.165, 1.54) is 27.2 Å². The van der Waals surface area contributed by atoms with Crippen LogP contribution in [0.15, 0.2) is 48.5 Å². The third kappa shape index (κ3) is 18.9. The van der Waals surface area contributed by atoms with Gasteiger partial charge in [0.2, 0.25) is 0 Å². The van der Waals surface area contributed by atoms with E-state index in [9.17, 15) is 4.79 Å². The van der Waals surface area contributed by atoms with Crippen LogP contribution in [0.1, 0.15) is 17.0 Å². The lowest BCUT2D eigenvalue weighted by Crippen LogP contribution is -2.32. The van der Waals surface area contributed by atoms with Gasteiger partial charge in [-0.15, -0.1) is 0 Å². The molecule has 0 heterocycles. The Bertz CT molecular complexity index is 1130. The summed E-state index contributed by atoms with van der Waals surface area (Å²) in [5.74, 6) is 0.0377. The van der Waals surface area contributed by atoms with Gasteiger partial charge < -0.3 is 62.1 Å². The number of nitrogens with zero attached hydrogens (tertiary/aromatic N) is 1. The molecule has 0 aliphatic heterocycles. The standard InChI is InChI=1S/C38H59NO13/c1-39(38(41)52-32-37-35-8-4-2-6-33(35)34-7-3-5-9-36(34)37)10-12-42-14-16-44-18-20-46-22-24-48-26-28-50-30-31-51-29-27-49-25-23-47-21-19-45-17-15-43-13-11-40/h2-9,37,40H,10-32H2,1H3. The number of ether oxygens (including phenoxy) is 11. The van der Waals surface area contributed by atoms with Crippen molar-refractivity contribution >= 4 is 6.09 Å². The predicted octanol–water partition coefficient (Wildman–Crippen LogP) is 3.03. The predicted molar refractivity (Wildman–Crippen MR) is 193 cm³/mol. The molecule has 1 aliphatic carbocycles. The number of carbonyl (C=O) groups is 1. The van der Waals surface area contributed by atoms with Crippen molar-refractivity contribution in [1.82, 2.24) is 4.90 Å². The number of likely N-dealkylation sites (N-methyl/N-ethyl adjacent to an activating group) is 1. The van der Waals surface area contributed by atoms with Crippen molar-refractivity contribution in [3.8, 4) is 11.1 Å². The van der Waals surface area contributed by atoms with Crippen LogP contribution in [0.3, 0.4) is 0 Å². The van der Waals surface area contributed by atoms with Gasteiger partial charge in [-0.2, -0.15) is 0 Å². The van der Waals surface area contributed by atoms with Gasteiger partial charge in [0.25, 0.3) is 0 Å². The number of rotatable bonds is 34. The highest BCUT2D eigenvalue weighted by Crippen LogP contribution is 2.44. The van der Waals surface area contributed by atoms with E-state index in [1.54, 1.807) is 7.05 Å². The first kappa shape index (κ1) is 43.7. The summed E-state index contributed by atoms with van der Waals surface area (Å²) < 4.78 is 60.1. The largest absolute Gasteiger partial charge is 0.448 e. The second-order valence-corrected chi connectivity index (χ2v) is 11.6. The number of benzene rings is 2. The molecule has 2 aromatic rings. The number of carbonyl (C=O) groups excluding carboxylic acids is 1. The fourth-order valence-corrected chi connectivity index (χ4v) is 5.14. The molecule has 0 atom stereocenters. The molecule has 2 aromatic carbocycles. The molecule has 0 spiro atoms. The van der Waals surface area contributed by atoms with Gasteiger partial charge >= 0.3 is 6.09 Å². The Kier molecular flexibility index (Phi) is 24.9. The van der Waals surface area contributed by atoms with Gasteiger partial charge in [0, 0.05) is 19.5 Å². The first-order valence-corrected chi connectivity index (χ1v) is 18.2. The molecule has 1 amide bonds. The lowest BCUT2D eigenvalue weighted by atomic mass is 9.98. The SMILES string of the molecule is CN(CCOCCOCCOCCOCCOCCOCCOCCOCCOCCOCCO)C(=O)OCC1c2ccccc2-c2ccccc21. The molecule has 0 unspecified atom stereocenters. The van der Waals surface area contributed by atoms with Gasteiger partial charge in [-0.1, -0.05) is 48.5 Å². The molecular formula is C38H59NO13. The molecule has 14 heteroatoms. The molecular weight excluding hydrogens is 678 g/mol. The van der Waals surface area contributed by atoms with Crippen molar-refractivity contribution in [2.75, 3.05) is 159 Å². The van der Waals surface area contributed by atoms with Crippen LogP contribution in [0.25, 0.3) is 11.1 Å². The van der Waals surface area contributed by atoms with Crippen LogP contribution in [0.2, 0.25) is 0 Å². The minimum absolute atomic E-state index is 0.0206. The van der Waals surface area contributed by atoms with E-state index >= 15 is 0 Å². The molecule has 0 aromatic heterocycles. The Morgan fingerprint density at radius 3 is 1.15 bits per heavy atom. The van der Waals surface area contributed by atoms with Crippen LogP contribution in [-0.2, 0) is 52.1 Å². The van der Waals surface area contributed by atoms with Gasteiger partial charge in [-0.05, 0) is 22.3 Å². The van der Waals surface area contributed by atoms with Crippen LogP contribution >= 0.6 is 0 Å². The summed E-state index contributed by atoms with van der Waals surface area (Å²) in [6.07, 6.45) is -0.366. The zero-order valence-corrected chi connectivity index (χ0v) is 30.8. The zero-order chi connectivity index (χ0) is 36.7. The topological polar surface area (TPSA) is 142 Å². The molecule has 3 rings (SSSR count). The molecule has 1 aliphatic rings. The van der Waals surface area contributed by atoms with Crippen molar-refractivity contribution in [3.63, 3.8) is 0 Å². The molecule has 0 bridgehead atoms. The van der Waals surface area contributed by atoms with E-state index < -0.39 is 0 Å². The van der Waals surface area contributed by atoms with Crippen LogP contribution in [-0.4, -0.2) is 175 Å². The summed E-state index contributed by atoms with van der Waals surface area (Å²) in [5, 5.41) is 8.59. The first-order chi connectivity index (χ1) is 25.7. The van der Waals surface area contributed by atoms with E-state index in [-0.39, 0.29) is 18.6 Å². The third-order valence-corrected chi connectivity index (χ3v) is 7.80. The van der Waals surface area contributed by atoms with Crippen molar-refractivity contribution in [3.05, 3.63) is 59.7 Å². The lowest BCUT2D eigenvalue weighted by molar-refractivity contribution is -0.0269. The second-order valence-electron chi connectivity index (χ2n) is 11.6. The quantitative estimate of drug-likeness (QED) is 0.105. The van der Waals surface area contributed by atoms with Crippen LogP contribution in [0.4, 0.5) is 4.79 Å². The lowest BCUT2D eigenvalue weighted by Gasteiger charge is -2.19. The van der Waals surface area contributed by atoms with E-state index in [0.717, 1.165) is 0 Å². The molecule has 294 valence electrons. The Hall–Kier alpha value is -2.73. The fourth-order valence-electron chi connectivity index (χ4n) is 5.14. The Morgan fingerprint density at radius 2 is 0.808 bits per heavy atom. The van der Waals surface area contributed by atoms with Crippen LogP contribution in [0, 0.1) is 0 Å². The smallest absolute Gasteiger partial charge is 0.409 e. The number of fused-ring (bicyclic) bond motifs is 3. The van der Waals surface area contributed by atoms with E-state index in [1.807, 2.05) is 24.3 Å². The molecule has 0 fully saturated rings. The average Bonchev–Trinajstić information content (AvgIpc) is 3.49. The van der Waals surface area contributed by atoms with E-state index in [2.05, 4.69) is 24.3 Å². The maximum absolute atomic E-state index is 12.6. The number of aliphatic hydroxyl groups is 1. The third-order valence-electron chi connectivity index (χ3n) is 7.80. The van der Waals surface area contributed by atoms with Gasteiger partial charge in [0.1, 0.15) is 6.61 Å². The first-order valence-electron chi connectivity index (χ1n) is 18.2. The van der Waals surface area contributed by atoms with Crippen LogP contribution < -0.4 is 0 Å². The van der Waals surface area contributed by atoms with E-state index in [0.29, 0.717) is 145 Å². The highest BCUT2D eigenvalue weighted by molar-refractivity contribution is 5.79. The number of aliphatic hydroxyl groups excluding tert-OH is 1. The Labute approximate surface area is 308 Å². The van der Waals surface area contributed by atoms with Crippen molar-refractivity contribution in [2.24, 2.45) is 0 Å². The summed E-state index contributed by atoms with van der Waals surface area (Å²) in [6.45, 7) is 10.1. The second kappa shape index (κ2) is 29.7. The van der Waals surface area contributed by atoms with Gasteiger partial charge in [-0.3, -0.25) is 0 Å². The summed E-state index contributed by atoms with van der Waals surface area (Å²) in [6, 6.07) is 16.6. The summed E-state index contributed by atoms with van der Waals surface area (Å²) in [7, 11) is 1.71. The van der Waals surface area contributed by atoms with Crippen LogP contribution in [0.5, 0.6) is 0 Å². The van der Waals surface area contributed by atoms with Crippen molar-refractivity contribution in [1.29, 1.82) is 0 Å². The molecule has 0 saturated carbocycles. The number of hydrogen-bond donors (Lipinski definition) is 1. The average molecular weight is 738 g/mol. The van der Waals surface area contributed by atoms with Gasteiger partial charge in [-0.25, -0.2) is 4.79 Å². The summed E-state index contributed by atoms with van der Waals surface area (Å²) in [4.78, 5) is 14.1. The van der Waals surface area contributed by atoms with Gasteiger partial charge in [0.05, 0.1) is 139 Å². The van der Waals surface area contributed by atoms with Gasteiger partial charge in [0.15, 0.2) is 0 Å². The zero-order valence-electron chi connectivity index (χ0n) is 30.8. The number of amides is 1. The fraction of sp³-hybridized carbons (Fsp3) is 0.658. The highest BCUT2D eigenvalue weighted by atomic mass is 16.6. The normalized spacial score (nSPS) is 12.3. The molecule has 52 heavy (non-hydrogen) atoms. The number of hydrogen-bond acceptors (Lipinski definition) is 13. The Balaban J connectivity index is 0.988. The summed E-state index contributed by atoms with van der Waals surface area (Å²) in [5.41, 5.74) is 4.79. The molecule has 0 saturated heterocycles. The molecule has 0 radical (unpaired) electrons.